The summed E-state index contributed by atoms with van der Waals surface area (Å²) in [5.41, 5.74) is 5.37. The van der Waals surface area contributed by atoms with Gasteiger partial charge in [0.15, 0.2) is 0 Å². The Balaban J connectivity index is 2.21. The topological polar surface area (TPSA) is 70.3 Å². The van der Waals surface area contributed by atoms with Crippen molar-refractivity contribution >= 4 is 5.82 Å². The van der Waals surface area contributed by atoms with Crippen molar-refractivity contribution < 1.29 is 9.47 Å². The van der Waals surface area contributed by atoms with Crippen LogP contribution in [0.5, 0.6) is 5.88 Å². The number of nitrogen functional groups attached to an aromatic ring is 1. The van der Waals surface area contributed by atoms with E-state index in [9.17, 15) is 0 Å². The highest BCUT2D eigenvalue weighted by molar-refractivity contribution is 5.24. The number of ether oxygens (including phenoxy) is 2. The molecule has 1 aromatic rings. The second-order valence-electron chi connectivity index (χ2n) is 3.05. The van der Waals surface area contributed by atoms with E-state index in [1.165, 1.54) is 12.4 Å². The molecule has 0 aliphatic rings. The molecule has 0 aromatic carbocycles. The van der Waals surface area contributed by atoms with Crippen molar-refractivity contribution in [2.75, 3.05) is 18.9 Å². The summed E-state index contributed by atoms with van der Waals surface area (Å²) < 4.78 is 10.5. The molecule has 14 heavy (non-hydrogen) atoms. The van der Waals surface area contributed by atoms with Crippen LogP contribution in [0.3, 0.4) is 0 Å². The van der Waals surface area contributed by atoms with Gasteiger partial charge in [-0.15, -0.1) is 0 Å². The number of nitrogens with zero attached hydrogens (tertiary/aromatic N) is 2. The van der Waals surface area contributed by atoms with Crippen LogP contribution in [0, 0.1) is 0 Å². The molecule has 1 heterocycles. The van der Waals surface area contributed by atoms with Crippen molar-refractivity contribution in [3.05, 3.63) is 12.4 Å². The zero-order chi connectivity index (χ0) is 10.4. The summed E-state index contributed by atoms with van der Waals surface area (Å²) in [4.78, 5) is 7.77. The van der Waals surface area contributed by atoms with E-state index < -0.39 is 0 Å². The maximum absolute atomic E-state index is 5.37. The van der Waals surface area contributed by atoms with Crippen LogP contribution in [-0.2, 0) is 4.74 Å². The summed E-state index contributed by atoms with van der Waals surface area (Å²) in [6.45, 7) is 4.96. The largest absolute Gasteiger partial charge is 0.474 e. The van der Waals surface area contributed by atoms with Crippen LogP contribution >= 0.6 is 0 Å². The van der Waals surface area contributed by atoms with Crippen LogP contribution < -0.4 is 10.5 Å². The smallest absolute Gasteiger partial charge is 0.232 e. The fourth-order valence-corrected chi connectivity index (χ4v) is 0.831. The first-order chi connectivity index (χ1) is 6.68. The predicted octanol–water partition coefficient (Wildman–Crippen LogP) is 0.863. The molecular weight excluding hydrogens is 182 g/mol. The Kier molecular flexibility index (Phi) is 4.12. The summed E-state index contributed by atoms with van der Waals surface area (Å²) in [6.07, 6.45) is 3.17. The third-order valence-corrected chi connectivity index (χ3v) is 1.43. The first-order valence-electron chi connectivity index (χ1n) is 4.50. The van der Waals surface area contributed by atoms with Crippen molar-refractivity contribution in [1.82, 2.24) is 9.97 Å². The van der Waals surface area contributed by atoms with Gasteiger partial charge in [0.2, 0.25) is 5.88 Å². The van der Waals surface area contributed by atoms with E-state index in [2.05, 4.69) is 9.97 Å². The monoisotopic (exact) mass is 197 g/mol. The Morgan fingerprint density at radius 3 is 2.64 bits per heavy atom. The molecule has 0 amide bonds. The van der Waals surface area contributed by atoms with Gasteiger partial charge in [-0.25, -0.2) is 9.97 Å². The molecule has 0 aliphatic carbocycles. The average molecular weight is 197 g/mol. The van der Waals surface area contributed by atoms with Gasteiger partial charge in [-0.1, -0.05) is 0 Å². The summed E-state index contributed by atoms with van der Waals surface area (Å²) in [5, 5.41) is 0. The van der Waals surface area contributed by atoms with Crippen LogP contribution in [0.4, 0.5) is 5.82 Å². The second kappa shape index (κ2) is 5.39. The highest BCUT2D eigenvalue weighted by atomic mass is 16.5. The minimum absolute atomic E-state index is 0.219. The Labute approximate surface area is 83.3 Å². The van der Waals surface area contributed by atoms with Crippen molar-refractivity contribution in [3.8, 4) is 5.88 Å². The first-order valence-corrected chi connectivity index (χ1v) is 4.50. The van der Waals surface area contributed by atoms with E-state index in [1.807, 2.05) is 13.8 Å². The third-order valence-electron chi connectivity index (χ3n) is 1.43. The average Bonchev–Trinajstić information content (AvgIpc) is 2.15. The molecule has 0 atom stereocenters. The maximum Gasteiger partial charge on any atom is 0.232 e. The van der Waals surface area contributed by atoms with Crippen molar-refractivity contribution in [2.24, 2.45) is 0 Å². The van der Waals surface area contributed by atoms with E-state index in [0.717, 1.165) is 0 Å². The standard InChI is InChI=1S/C9H15N3O2/c1-7(2)13-3-4-14-9-6-11-8(10)5-12-9/h5-7H,3-4H2,1-2H3,(H2,10,11). The van der Waals surface area contributed by atoms with Crippen molar-refractivity contribution in [1.29, 1.82) is 0 Å². The van der Waals surface area contributed by atoms with Crippen LogP contribution in [-0.4, -0.2) is 29.3 Å². The molecule has 5 nitrogen and oxygen atoms in total. The highest BCUT2D eigenvalue weighted by Crippen LogP contribution is 2.04. The minimum Gasteiger partial charge on any atom is -0.474 e. The lowest BCUT2D eigenvalue weighted by Gasteiger charge is -2.08. The molecule has 5 heteroatoms. The molecule has 2 N–H and O–H groups in total. The number of rotatable bonds is 5. The molecule has 1 rings (SSSR count). The number of aromatic nitrogens is 2. The molecule has 1 aromatic heterocycles. The van der Waals surface area contributed by atoms with Gasteiger partial charge in [-0.2, -0.15) is 0 Å². The number of nitrogens with two attached hydrogens (primary N) is 1. The van der Waals surface area contributed by atoms with E-state index in [1.54, 1.807) is 0 Å². The van der Waals surface area contributed by atoms with Crippen LogP contribution in [0.15, 0.2) is 12.4 Å². The highest BCUT2D eigenvalue weighted by Gasteiger charge is 1.97. The Morgan fingerprint density at radius 2 is 2.07 bits per heavy atom. The van der Waals surface area contributed by atoms with Crippen molar-refractivity contribution in [2.45, 2.75) is 20.0 Å². The summed E-state index contributed by atoms with van der Waals surface area (Å²) in [7, 11) is 0. The van der Waals surface area contributed by atoms with Gasteiger partial charge < -0.3 is 15.2 Å². The minimum atomic E-state index is 0.219. The van der Waals surface area contributed by atoms with E-state index in [4.69, 9.17) is 15.2 Å². The molecule has 0 bridgehead atoms. The second-order valence-corrected chi connectivity index (χ2v) is 3.05. The third kappa shape index (κ3) is 4.04. The van der Waals surface area contributed by atoms with Crippen LogP contribution in [0.2, 0.25) is 0 Å². The molecule has 0 spiro atoms. The Hall–Kier alpha value is -1.36. The summed E-state index contributed by atoms with van der Waals surface area (Å²) >= 11 is 0. The fraction of sp³-hybridized carbons (Fsp3) is 0.556. The molecule has 0 fully saturated rings. The van der Waals surface area contributed by atoms with Gasteiger partial charge in [-0.3, -0.25) is 0 Å². The van der Waals surface area contributed by atoms with Gasteiger partial charge in [0.1, 0.15) is 12.4 Å². The van der Waals surface area contributed by atoms with Gasteiger partial charge in [0, 0.05) is 0 Å². The van der Waals surface area contributed by atoms with E-state index in [-0.39, 0.29) is 6.10 Å². The Morgan fingerprint density at radius 1 is 1.29 bits per heavy atom. The molecular formula is C9H15N3O2. The summed E-state index contributed by atoms with van der Waals surface area (Å²) in [5.74, 6) is 0.849. The van der Waals surface area contributed by atoms with Crippen LogP contribution in [0.1, 0.15) is 13.8 Å². The van der Waals surface area contributed by atoms with E-state index in [0.29, 0.717) is 24.9 Å². The molecule has 0 saturated carbocycles. The maximum atomic E-state index is 5.37. The first kappa shape index (κ1) is 10.7. The van der Waals surface area contributed by atoms with Gasteiger partial charge in [0.05, 0.1) is 25.1 Å². The van der Waals surface area contributed by atoms with Gasteiger partial charge >= 0.3 is 0 Å². The normalized spacial score (nSPS) is 10.5. The molecule has 0 aliphatic heterocycles. The lowest BCUT2D eigenvalue weighted by atomic mass is 10.5. The predicted molar refractivity (Wildman–Crippen MR) is 53.0 cm³/mol. The van der Waals surface area contributed by atoms with E-state index >= 15 is 0 Å². The van der Waals surface area contributed by atoms with Gasteiger partial charge in [-0.05, 0) is 13.8 Å². The molecule has 0 unspecified atom stereocenters. The fourth-order valence-electron chi connectivity index (χ4n) is 0.831. The van der Waals surface area contributed by atoms with Crippen LogP contribution in [0.25, 0.3) is 0 Å². The number of hydrogen-bond acceptors (Lipinski definition) is 5. The molecule has 0 radical (unpaired) electrons. The molecule has 78 valence electrons. The zero-order valence-corrected chi connectivity index (χ0v) is 8.43. The zero-order valence-electron chi connectivity index (χ0n) is 8.43. The summed E-state index contributed by atoms with van der Waals surface area (Å²) in [6, 6.07) is 0. The van der Waals surface area contributed by atoms with Crippen molar-refractivity contribution in [3.63, 3.8) is 0 Å². The lowest BCUT2D eigenvalue weighted by Crippen LogP contribution is -2.11. The molecule has 0 saturated heterocycles. The van der Waals surface area contributed by atoms with Gasteiger partial charge in [0.25, 0.3) is 0 Å². The quantitative estimate of drug-likeness (QED) is 0.709. The number of hydrogen-bond donors (Lipinski definition) is 1. The lowest BCUT2D eigenvalue weighted by molar-refractivity contribution is 0.0542. The number of anilines is 1. The SMILES string of the molecule is CC(C)OCCOc1cnc(N)cn1. The Bertz CT molecular complexity index is 261.